The number of carbonyl (C=O) groups is 1. The number of halogens is 4. The van der Waals surface area contributed by atoms with Gasteiger partial charge in [-0.15, -0.1) is 0 Å². The normalized spacial score (nSPS) is 11.3. The molecule has 5 nitrogen and oxygen atoms in total. The quantitative estimate of drug-likeness (QED) is 0.334. The van der Waals surface area contributed by atoms with Crippen molar-refractivity contribution in [3.63, 3.8) is 0 Å². The second-order valence-electron chi connectivity index (χ2n) is 5.84. The van der Waals surface area contributed by atoms with Crippen LogP contribution in [0.5, 0.6) is 5.75 Å². The van der Waals surface area contributed by atoms with Gasteiger partial charge >= 0.3 is 0 Å². The van der Waals surface area contributed by atoms with Gasteiger partial charge < -0.3 is 10.4 Å². The highest BCUT2D eigenvalue weighted by atomic mass is 127. The first-order valence-electron chi connectivity index (χ1n) is 7.89. The fourth-order valence-corrected chi connectivity index (χ4v) is 5.87. The summed E-state index contributed by atoms with van der Waals surface area (Å²) in [5.41, 5.74) is 0.170. The predicted octanol–water partition coefficient (Wildman–Crippen LogP) is 5.99. The SMILES string of the molecule is O=C(Nc1cc(S(=O)(=O)c2ccc(Cl)cc2)ccc1Cl)c1cc(I)cc(I)c1O. The number of aromatic hydroxyl groups is 1. The number of hydrogen-bond acceptors (Lipinski definition) is 4. The third-order valence-corrected chi connectivity index (χ3v) is 7.69. The topological polar surface area (TPSA) is 83.5 Å². The first-order valence-corrected chi connectivity index (χ1v) is 12.3. The lowest BCUT2D eigenvalue weighted by Gasteiger charge is -2.12. The molecule has 150 valence electrons. The lowest BCUT2D eigenvalue weighted by molar-refractivity contribution is 0.102. The first-order chi connectivity index (χ1) is 13.6. The van der Waals surface area contributed by atoms with E-state index in [1.807, 2.05) is 45.2 Å². The molecule has 29 heavy (non-hydrogen) atoms. The van der Waals surface area contributed by atoms with Gasteiger partial charge in [-0.1, -0.05) is 23.2 Å². The van der Waals surface area contributed by atoms with E-state index in [0.717, 1.165) is 3.57 Å². The van der Waals surface area contributed by atoms with Crippen molar-refractivity contribution in [2.24, 2.45) is 0 Å². The Morgan fingerprint density at radius 2 is 1.55 bits per heavy atom. The molecule has 0 saturated heterocycles. The van der Waals surface area contributed by atoms with E-state index in [2.05, 4.69) is 5.32 Å². The Balaban J connectivity index is 1.98. The molecule has 0 aromatic heterocycles. The average molecular weight is 674 g/mol. The largest absolute Gasteiger partial charge is 0.506 e. The van der Waals surface area contributed by atoms with Crippen molar-refractivity contribution in [1.82, 2.24) is 0 Å². The van der Waals surface area contributed by atoms with Gasteiger partial charge in [0.25, 0.3) is 5.91 Å². The highest BCUT2D eigenvalue weighted by Crippen LogP contribution is 2.31. The predicted molar refractivity (Wildman–Crippen MR) is 130 cm³/mol. The van der Waals surface area contributed by atoms with Gasteiger partial charge in [-0.05, 0) is 99.8 Å². The summed E-state index contributed by atoms with van der Waals surface area (Å²) >= 11 is 15.9. The maximum absolute atomic E-state index is 12.9. The maximum Gasteiger partial charge on any atom is 0.259 e. The number of anilines is 1. The van der Waals surface area contributed by atoms with Crippen LogP contribution in [0.15, 0.2) is 64.4 Å². The third kappa shape index (κ3) is 4.98. The molecule has 2 N–H and O–H groups in total. The van der Waals surface area contributed by atoms with Crippen molar-refractivity contribution in [2.75, 3.05) is 5.32 Å². The van der Waals surface area contributed by atoms with Gasteiger partial charge in [0.1, 0.15) is 5.75 Å². The van der Waals surface area contributed by atoms with Gasteiger partial charge in [0.2, 0.25) is 9.84 Å². The van der Waals surface area contributed by atoms with Gasteiger partial charge in [0.05, 0.1) is 29.6 Å². The van der Waals surface area contributed by atoms with Crippen LogP contribution >= 0.6 is 68.4 Å². The van der Waals surface area contributed by atoms with Crippen molar-refractivity contribution in [1.29, 1.82) is 0 Å². The van der Waals surface area contributed by atoms with Crippen LogP contribution in [-0.4, -0.2) is 19.4 Å². The molecule has 0 fully saturated rings. The summed E-state index contributed by atoms with van der Waals surface area (Å²) in [7, 11) is -3.84. The second kappa shape index (κ2) is 8.96. The second-order valence-corrected chi connectivity index (χ2v) is 11.0. The average Bonchev–Trinajstić information content (AvgIpc) is 2.66. The highest BCUT2D eigenvalue weighted by molar-refractivity contribution is 14.1. The van der Waals surface area contributed by atoms with Crippen molar-refractivity contribution in [2.45, 2.75) is 9.79 Å². The molecule has 3 aromatic rings. The van der Waals surface area contributed by atoms with Crippen LogP contribution in [0.1, 0.15) is 10.4 Å². The Kier molecular flexibility index (Phi) is 6.99. The molecule has 10 heteroatoms. The minimum absolute atomic E-state index is 0.0408. The molecule has 1 amide bonds. The first kappa shape index (κ1) is 22.6. The maximum atomic E-state index is 12.9. The van der Waals surface area contributed by atoms with E-state index in [9.17, 15) is 18.3 Å². The molecule has 0 aliphatic heterocycles. The Labute approximate surface area is 204 Å². The lowest BCUT2D eigenvalue weighted by atomic mass is 10.2. The van der Waals surface area contributed by atoms with Crippen LogP contribution in [0.2, 0.25) is 10.0 Å². The number of nitrogens with one attached hydrogen (secondary N) is 1. The Hall–Kier alpha value is -1.08. The third-order valence-electron chi connectivity index (χ3n) is 3.89. The lowest BCUT2D eigenvalue weighted by Crippen LogP contribution is -2.14. The number of rotatable bonds is 4. The molecular formula is C19H11Cl2I2NO4S. The number of phenols is 1. The fraction of sp³-hybridized carbons (Fsp3) is 0. The van der Waals surface area contributed by atoms with Gasteiger partial charge in [-0.25, -0.2) is 8.42 Å². The molecule has 0 unspecified atom stereocenters. The minimum atomic E-state index is -3.84. The summed E-state index contributed by atoms with van der Waals surface area (Å²) in [6.07, 6.45) is 0. The molecule has 3 rings (SSSR count). The molecule has 3 aromatic carbocycles. The summed E-state index contributed by atoms with van der Waals surface area (Å²) in [4.78, 5) is 12.7. The Morgan fingerprint density at radius 1 is 0.931 bits per heavy atom. The van der Waals surface area contributed by atoms with Crippen LogP contribution < -0.4 is 5.32 Å². The zero-order chi connectivity index (χ0) is 21.3. The highest BCUT2D eigenvalue weighted by Gasteiger charge is 2.21. The molecule has 0 bridgehead atoms. The number of amides is 1. The summed E-state index contributed by atoms with van der Waals surface area (Å²) in [6.45, 7) is 0. The molecule has 0 saturated carbocycles. The van der Waals surface area contributed by atoms with Gasteiger partial charge in [0.15, 0.2) is 0 Å². The van der Waals surface area contributed by atoms with Crippen molar-refractivity contribution in [3.05, 3.63) is 77.3 Å². The number of sulfone groups is 1. The molecule has 0 spiro atoms. The molecule has 0 aliphatic carbocycles. The van der Waals surface area contributed by atoms with Crippen molar-refractivity contribution in [3.8, 4) is 5.75 Å². The van der Waals surface area contributed by atoms with E-state index in [0.29, 0.717) is 8.59 Å². The summed E-state index contributed by atoms with van der Waals surface area (Å²) in [5.74, 6) is -0.772. The van der Waals surface area contributed by atoms with E-state index in [1.54, 1.807) is 6.07 Å². The van der Waals surface area contributed by atoms with Crippen LogP contribution in [0.3, 0.4) is 0 Å². The van der Waals surface area contributed by atoms with Gasteiger partial charge in [-0.2, -0.15) is 0 Å². The van der Waals surface area contributed by atoms with E-state index in [-0.39, 0.29) is 31.8 Å². The zero-order valence-electron chi connectivity index (χ0n) is 14.3. The Morgan fingerprint density at radius 3 is 2.21 bits per heavy atom. The van der Waals surface area contributed by atoms with Crippen LogP contribution in [0.4, 0.5) is 5.69 Å². The van der Waals surface area contributed by atoms with E-state index >= 15 is 0 Å². The van der Waals surface area contributed by atoms with Crippen LogP contribution in [0, 0.1) is 7.14 Å². The van der Waals surface area contributed by atoms with E-state index in [1.165, 1.54) is 48.5 Å². The monoisotopic (exact) mass is 673 g/mol. The minimum Gasteiger partial charge on any atom is -0.506 e. The summed E-state index contributed by atoms with van der Waals surface area (Å²) < 4.78 is 27.0. The van der Waals surface area contributed by atoms with Crippen LogP contribution in [-0.2, 0) is 9.84 Å². The molecule has 0 atom stereocenters. The number of benzene rings is 3. The van der Waals surface area contributed by atoms with E-state index in [4.69, 9.17) is 23.2 Å². The standard InChI is InChI=1S/C19H11Cl2I2NO4S/c20-10-1-3-12(4-2-10)29(27,28)13-5-6-15(21)17(9-13)24-19(26)14-7-11(22)8-16(23)18(14)25/h1-9,25H,(H,24,26). The van der Waals surface area contributed by atoms with Crippen molar-refractivity contribution < 1.29 is 18.3 Å². The molecule has 0 aliphatic rings. The number of carbonyl (C=O) groups excluding carboxylic acids is 1. The van der Waals surface area contributed by atoms with E-state index < -0.39 is 15.7 Å². The smallest absolute Gasteiger partial charge is 0.259 e. The van der Waals surface area contributed by atoms with Crippen LogP contribution in [0.25, 0.3) is 0 Å². The summed E-state index contributed by atoms with van der Waals surface area (Å²) in [5, 5.41) is 13.3. The molecule has 0 radical (unpaired) electrons. The van der Waals surface area contributed by atoms with Gasteiger partial charge in [-0.3, -0.25) is 4.79 Å². The molecular weight excluding hydrogens is 663 g/mol. The fourth-order valence-electron chi connectivity index (χ4n) is 2.45. The number of phenolic OH excluding ortho intramolecular Hbond substituents is 1. The molecule has 0 heterocycles. The Bertz CT molecular complexity index is 1220. The van der Waals surface area contributed by atoms with Gasteiger partial charge in [0, 0.05) is 8.59 Å². The summed E-state index contributed by atoms with van der Waals surface area (Å²) in [6, 6.07) is 13.0. The number of hydrogen-bond donors (Lipinski definition) is 2. The zero-order valence-corrected chi connectivity index (χ0v) is 20.9. The van der Waals surface area contributed by atoms with Crippen molar-refractivity contribution >= 4 is 89.8 Å².